The molecule has 0 amide bonds. The van der Waals surface area contributed by atoms with E-state index in [4.69, 9.17) is 4.52 Å². The molecule has 4 heteroatoms. The number of phenolic OH excluding ortho intramolecular Hbond substituents is 1. The van der Waals surface area contributed by atoms with Crippen LogP contribution in [0, 0.1) is 19.8 Å². The van der Waals surface area contributed by atoms with E-state index in [9.17, 15) is 10.2 Å². The van der Waals surface area contributed by atoms with Crippen LogP contribution in [0.4, 0.5) is 0 Å². The number of phenols is 1. The van der Waals surface area contributed by atoms with Gasteiger partial charge >= 0.3 is 0 Å². The third-order valence-electron chi connectivity index (χ3n) is 3.54. The van der Waals surface area contributed by atoms with Crippen molar-refractivity contribution >= 4 is 0 Å². The quantitative estimate of drug-likeness (QED) is 0.630. The molecule has 0 aliphatic rings. The smallest absolute Gasteiger partial charge is 0.141 e. The summed E-state index contributed by atoms with van der Waals surface area (Å²) in [6.07, 6.45) is 6.40. The highest BCUT2D eigenvalue weighted by Gasteiger charge is 2.16. The second-order valence-corrected chi connectivity index (χ2v) is 7.11. The molecule has 1 heterocycles. The van der Waals surface area contributed by atoms with Gasteiger partial charge in [0.25, 0.3) is 0 Å². The van der Waals surface area contributed by atoms with Gasteiger partial charge in [0.2, 0.25) is 0 Å². The fourth-order valence-corrected chi connectivity index (χ4v) is 2.43. The Morgan fingerprint density at radius 1 is 1.15 bits per heavy atom. The molecule has 0 saturated heterocycles. The van der Waals surface area contributed by atoms with Gasteiger partial charge in [0.05, 0.1) is 5.69 Å². The standard InChI is InChI=1S/C19H21NO3.C4H10/c1-5-6-7-8-12(2)19(22)16-9-15(10-17(21)11-16)18-13(3)20-23-14(18)4;1-4(2)3/h5-11,19,21-22H,2H2,1,3-4H3;4H,1-3H3/b6-5-,8-7-;. The summed E-state index contributed by atoms with van der Waals surface area (Å²) >= 11 is 0. The number of allylic oxidation sites excluding steroid dienone is 3. The van der Waals surface area contributed by atoms with Gasteiger partial charge in [-0.2, -0.15) is 0 Å². The molecular weight excluding hydrogens is 338 g/mol. The molecule has 0 fully saturated rings. The summed E-state index contributed by atoms with van der Waals surface area (Å²) in [7, 11) is 0. The third-order valence-corrected chi connectivity index (χ3v) is 3.54. The molecule has 2 aromatic rings. The molecule has 2 rings (SSSR count). The first-order valence-corrected chi connectivity index (χ1v) is 9.10. The number of aliphatic hydroxyl groups is 1. The van der Waals surface area contributed by atoms with Crippen LogP contribution < -0.4 is 0 Å². The van der Waals surface area contributed by atoms with Crippen molar-refractivity contribution < 1.29 is 14.7 Å². The number of aromatic hydroxyl groups is 1. The van der Waals surface area contributed by atoms with Gasteiger partial charge in [-0.3, -0.25) is 0 Å². The van der Waals surface area contributed by atoms with E-state index in [1.807, 2.05) is 45.1 Å². The molecule has 1 aromatic heterocycles. The molecule has 0 aliphatic heterocycles. The minimum Gasteiger partial charge on any atom is -0.508 e. The van der Waals surface area contributed by atoms with E-state index in [0.717, 1.165) is 22.7 Å². The zero-order valence-electron chi connectivity index (χ0n) is 17.2. The lowest BCUT2D eigenvalue weighted by Gasteiger charge is -2.13. The van der Waals surface area contributed by atoms with Crippen molar-refractivity contribution in [2.24, 2.45) is 5.92 Å². The number of hydrogen-bond acceptors (Lipinski definition) is 4. The van der Waals surface area contributed by atoms with Crippen LogP contribution in [0.2, 0.25) is 0 Å². The first-order valence-electron chi connectivity index (χ1n) is 9.10. The van der Waals surface area contributed by atoms with Crippen molar-refractivity contribution in [1.29, 1.82) is 0 Å². The van der Waals surface area contributed by atoms with Crippen LogP contribution in [0.25, 0.3) is 11.1 Å². The van der Waals surface area contributed by atoms with Gasteiger partial charge in [-0.1, -0.05) is 56.8 Å². The highest BCUT2D eigenvalue weighted by Crippen LogP contribution is 2.33. The van der Waals surface area contributed by atoms with Gasteiger partial charge in [0, 0.05) is 5.56 Å². The van der Waals surface area contributed by atoms with Crippen molar-refractivity contribution in [1.82, 2.24) is 5.16 Å². The van der Waals surface area contributed by atoms with Crippen LogP contribution in [0.3, 0.4) is 0 Å². The first kappa shape index (κ1) is 22.5. The van der Waals surface area contributed by atoms with Crippen LogP contribution in [-0.2, 0) is 0 Å². The van der Waals surface area contributed by atoms with Crippen molar-refractivity contribution in [3.05, 3.63) is 71.7 Å². The Balaban J connectivity index is 0.000000828. The Morgan fingerprint density at radius 3 is 2.30 bits per heavy atom. The molecule has 146 valence electrons. The van der Waals surface area contributed by atoms with Gasteiger partial charge in [0.15, 0.2) is 0 Å². The maximum absolute atomic E-state index is 10.4. The minimum atomic E-state index is -0.900. The first-order chi connectivity index (χ1) is 12.7. The topological polar surface area (TPSA) is 66.5 Å². The van der Waals surface area contributed by atoms with Crippen molar-refractivity contribution in [2.75, 3.05) is 0 Å². The van der Waals surface area contributed by atoms with Crippen molar-refractivity contribution in [3.63, 3.8) is 0 Å². The Labute approximate surface area is 162 Å². The van der Waals surface area contributed by atoms with E-state index < -0.39 is 6.10 Å². The Bertz CT molecular complexity index is 791. The number of rotatable bonds is 5. The van der Waals surface area contributed by atoms with Crippen LogP contribution in [0.1, 0.15) is 50.8 Å². The lowest BCUT2D eigenvalue weighted by Crippen LogP contribution is -1.99. The van der Waals surface area contributed by atoms with E-state index in [-0.39, 0.29) is 5.75 Å². The minimum absolute atomic E-state index is 0.0711. The summed E-state index contributed by atoms with van der Waals surface area (Å²) in [5.41, 5.74) is 3.42. The maximum Gasteiger partial charge on any atom is 0.141 e. The van der Waals surface area contributed by atoms with E-state index in [2.05, 4.69) is 32.5 Å². The second kappa shape index (κ2) is 10.5. The summed E-state index contributed by atoms with van der Waals surface area (Å²) in [4.78, 5) is 0. The summed E-state index contributed by atoms with van der Waals surface area (Å²) < 4.78 is 5.17. The number of hydrogen-bond donors (Lipinski definition) is 2. The van der Waals surface area contributed by atoms with E-state index >= 15 is 0 Å². The number of aryl methyl sites for hydroxylation is 2. The zero-order valence-corrected chi connectivity index (χ0v) is 17.2. The molecule has 0 bridgehead atoms. The molecule has 1 aromatic carbocycles. The van der Waals surface area contributed by atoms with Crippen LogP contribution >= 0.6 is 0 Å². The van der Waals surface area contributed by atoms with Gasteiger partial charge in [-0.05, 0) is 61.6 Å². The normalized spacial score (nSPS) is 12.4. The third kappa shape index (κ3) is 6.91. The lowest BCUT2D eigenvalue weighted by molar-refractivity contribution is 0.219. The SMILES string of the molecule is C=C(/C=C\C=C/C)C(O)c1cc(O)cc(-c2c(C)noc2C)c1.CC(C)C. The fourth-order valence-electron chi connectivity index (χ4n) is 2.43. The van der Waals surface area contributed by atoms with Crippen LogP contribution in [0.5, 0.6) is 5.75 Å². The van der Waals surface area contributed by atoms with Gasteiger partial charge < -0.3 is 14.7 Å². The number of nitrogens with zero attached hydrogens (tertiary/aromatic N) is 1. The number of aromatic nitrogens is 1. The Morgan fingerprint density at radius 2 is 1.78 bits per heavy atom. The Kier molecular flexibility index (Phi) is 8.76. The molecule has 0 aliphatic carbocycles. The molecule has 0 radical (unpaired) electrons. The largest absolute Gasteiger partial charge is 0.508 e. The van der Waals surface area contributed by atoms with E-state index in [1.54, 1.807) is 12.1 Å². The van der Waals surface area contributed by atoms with E-state index in [1.165, 1.54) is 6.07 Å². The predicted molar refractivity (Wildman–Crippen MR) is 112 cm³/mol. The fraction of sp³-hybridized carbons (Fsp3) is 0.348. The van der Waals surface area contributed by atoms with Crippen LogP contribution in [0.15, 0.2) is 59.2 Å². The summed E-state index contributed by atoms with van der Waals surface area (Å²) in [5.74, 6) is 1.57. The molecule has 0 spiro atoms. The number of benzene rings is 1. The molecule has 27 heavy (non-hydrogen) atoms. The molecule has 0 saturated carbocycles. The van der Waals surface area contributed by atoms with Gasteiger partial charge in [0.1, 0.15) is 17.6 Å². The summed E-state index contributed by atoms with van der Waals surface area (Å²) in [6.45, 7) is 15.9. The highest BCUT2D eigenvalue weighted by atomic mass is 16.5. The van der Waals surface area contributed by atoms with Crippen molar-refractivity contribution in [2.45, 2.75) is 47.6 Å². The van der Waals surface area contributed by atoms with Crippen LogP contribution in [-0.4, -0.2) is 15.4 Å². The maximum atomic E-state index is 10.4. The molecular formula is C23H31NO3. The lowest BCUT2D eigenvalue weighted by atomic mass is 9.96. The average Bonchev–Trinajstić information content (AvgIpc) is 2.91. The van der Waals surface area contributed by atoms with E-state index in [0.29, 0.717) is 16.9 Å². The summed E-state index contributed by atoms with van der Waals surface area (Å²) in [6, 6.07) is 4.97. The van der Waals surface area contributed by atoms with Gasteiger partial charge in [-0.15, -0.1) is 0 Å². The number of aliphatic hydroxyl groups excluding tert-OH is 1. The molecule has 1 atom stereocenters. The zero-order chi connectivity index (χ0) is 20.6. The predicted octanol–water partition coefficient (Wildman–Crippen LogP) is 6.05. The highest BCUT2D eigenvalue weighted by molar-refractivity contribution is 5.70. The van der Waals surface area contributed by atoms with Gasteiger partial charge in [-0.25, -0.2) is 0 Å². The monoisotopic (exact) mass is 369 g/mol. The molecule has 2 N–H and O–H groups in total. The second-order valence-electron chi connectivity index (χ2n) is 7.11. The molecule has 4 nitrogen and oxygen atoms in total. The summed E-state index contributed by atoms with van der Waals surface area (Å²) in [5, 5.41) is 24.4. The Hall–Kier alpha value is -2.59. The molecule has 1 unspecified atom stereocenters. The van der Waals surface area contributed by atoms with Crippen molar-refractivity contribution in [3.8, 4) is 16.9 Å². The average molecular weight is 370 g/mol.